The van der Waals surface area contributed by atoms with E-state index < -0.39 is 0 Å². The lowest BCUT2D eigenvalue weighted by molar-refractivity contribution is -0.00717. The van der Waals surface area contributed by atoms with Crippen LogP contribution in [0.3, 0.4) is 0 Å². The highest BCUT2D eigenvalue weighted by atomic mass is 35.5. The minimum Gasteiger partial charge on any atom is -0.381 e. The Morgan fingerprint density at radius 3 is 2.29 bits per heavy atom. The number of ether oxygens (including phenoxy) is 1. The Labute approximate surface area is 133 Å². The first-order valence-electron chi connectivity index (χ1n) is 7.66. The van der Waals surface area contributed by atoms with Crippen molar-refractivity contribution in [3.05, 3.63) is 33.8 Å². The molecule has 4 heteroatoms. The molecular formula is C17H27ClN2O. The van der Waals surface area contributed by atoms with Crippen LogP contribution in [0, 0.1) is 13.8 Å². The van der Waals surface area contributed by atoms with E-state index in [1.165, 1.54) is 16.7 Å². The van der Waals surface area contributed by atoms with Gasteiger partial charge in [-0.2, -0.15) is 0 Å². The molecule has 1 aromatic rings. The summed E-state index contributed by atoms with van der Waals surface area (Å²) in [5, 5.41) is 4.48. The lowest BCUT2D eigenvalue weighted by Crippen LogP contribution is -2.54. The third-order valence-corrected chi connectivity index (χ3v) is 5.01. The summed E-state index contributed by atoms with van der Waals surface area (Å²) in [4.78, 5) is 2.35. The fraction of sp³-hybridized carbons (Fsp3) is 0.647. The molecule has 0 aliphatic carbocycles. The number of nitrogens with one attached hydrogen (secondary N) is 1. The zero-order valence-electron chi connectivity index (χ0n) is 13.6. The highest BCUT2D eigenvalue weighted by Crippen LogP contribution is 2.26. The zero-order chi connectivity index (χ0) is 15.5. The van der Waals surface area contributed by atoms with Crippen molar-refractivity contribution >= 4 is 11.6 Å². The fourth-order valence-electron chi connectivity index (χ4n) is 3.17. The second kappa shape index (κ2) is 7.10. The highest BCUT2D eigenvalue weighted by Gasteiger charge is 2.34. The second-order valence-corrected chi connectivity index (χ2v) is 6.79. The van der Waals surface area contributed by atoms with Crippen molar-refractivity contribution in [1.82, 2.24) is 10.2 Å². The van der Waals surface area contributed by atoms with E-state index in [-0.39, 0.29) is 5.54 Å². The third kappa shape index (κ3) is 3.98. The summed E-state index contributed by atoms with van der Waals surface area (Å²) in [5.74, 6) is 0. The third-order valence-electron chi connectivity index (χ3n) is 4.79. The van der Waals surface area contributed by atoms with E-state index in [0.29, 0.717) is 0 Å². The summed E-state index contributed by atoms with van der Waals surface area (Å²) in [5.41, 5.74) is 4.10. The molecule has 1 aliphatic rings. The van der Waals surface area contributed by atoms with E-state index >= 15 is 0 Å². The molecule has 2 rings (SSSR count). The molecule has 0 saturated carbocycles. The van der Waals surface area contributed by atoms with Gasteiger partial charge in [0.05, 0.1) is 0 Å². The van der Waals surface area contributed by atoms with Crippen LogP contribution in [0.5, 0.6) is 0 Å². The molecule has 1 saturated heterocycles. The van der Waals surface area contributed by atoms with E-state index in [9.17, 15) is 0 Å². The number of halogens is 1. The summed E-state index contributed by atoms with van der Waals surface area (Å²) in [7, 11) is 4.34. The summed E-state index contributed by atoms with van der Waals surface area (Å²) in [6, 6.07) is 4.09. The molecule has 0 atom stereocenters. The van der Waals surface area contributed by atoms with Crippen LogP contribution >= 0.6 is 11.6 Å². The molecule has 1 aromatic carbocycles. The molecular weight excluding hydrogens is 284 g/mol. The van der Waals surface area contributed by atoms with E-state index in [1.807, 2.05) is 12.1 Å². The van der Waals surface area contributed by atoms with Crippen LogP contribution in [0.1, 0.15) is 29.5 Å². The Bertz CT molecular complexity index is 459. The van der Waals surface area contributed by atoms with E-state index in [4.69, 9.17) is 16.3 Å². The van der Waals surface area contributed by atoms with E-state index in [1.54, 1.807) is 0 Å². The molecule has 0 unspecified atom stereocenters. The van der Waals surface area contributed by atoms with Crippen molar-refractivity contribution in [3.8, 4) is 0 Å². The van der Waals surface area contributed by atoms with Crippen LogP contribution in [-0.2, 0) is 11.3 Å². The lowest BCUT2D eigenvalue weighted by atomic mass is 9.88. The first-order valence-corrected chi connectivity index (χ1v) is 8.04. The predicted molar refractivity (Wildman–Crippen MR) is 89.1 cm³/mol. The fourth-order valence-corrected chi connectivity index (χ4v) is 3.50. The topological polar surface area (TPSA) is 24.5 Å². The number of nitrogens with zero attached hydrogens (tertiary/aromatic N) is 1. The Kier molecular flexibility index (Phi) is 5.67. The molecule has 118 valence electrons. The second-order valence-electron chi connectivity index (χ2n) is 6.35. The van der Waals surface area contributed by atoms with Crippen LogP contribution in [0.2, 0.25) is 5.02 Å². The Morgan fingerprint density at radius 1 is 1.19 bits per heavy atom. The van der Waals surface area contributed by atoms with Crippen LogP contribution in [0.4, 0.5) is 0 Å². The van der Waals surface area contributed by atoms with Crippen LogP contribution < -0.4 is 5.32 Å². The molecule has 3 nitrogen and oxygen atoms in total. The van der Waals surface area contributed by atoms with E-state index in [0.717, 1.165) is 44.2 Å². The largest absolute Gasteiger partial charge is 0.381 e. The molecule has 1 heterocycles. The van der Waals surface area contributed by atoms with Gasteiger partial charge in [0.25, 0.3) is 0 Å². The standard InChI is InChI=1S/C17H27ClN2O/c1-13-9-15(18)10-14(2)16(13)11-19-12-17(20(3)4)5-7-21-8-6-17/h9-10,19H,5-8,11-12H2,1-4H3. The Morgan fingerprint density at radius 2 is 1.76 bits per heavy atom. The van der Waals surface area contributed by atoms with Crippen molar-refractivity contribution < 1.29 is 4.74 Å². The average molecular weight is 311 g/mol. The first-order chi connectivity index (χ1) is 9.94. The van der Waals surface area contributed by atoms with Crippen molar-refractivity contribution in [2.75, 3.05) is 33.9 Å². The smallest absolute Gasteiger partial charge is 0.0484 e. The van der Waals surface area contributed by atoms with Gasteiger partial charge in [-0.25, -0.2) is 0 Å². The molecule has 1 fully saturated rings. The van der Waals surface area contributed by atoms with Gasteiger partial charge in [-0.3, -0.25) is 0 Å². The van der Waals surface area contributed by atoms with Gasteiger partial charge in [-0.15, -0.1) is 0 Å². The molecule has 1 N–H and O–H groups in total. The summed E-state index contributed by atoms with van der Waals surface area (Å²) < 4.78 is 5.52. The molecule has 1 aliphatic heterocycles. The van der Waals surface area contributed by atoms with Crippen molar-refractivity contribution in [2.24, 2.45) is 0 Å². The van der Waals surface area contributed by atoms with Gasteiger partial charge in [-0.1, -0.05) is 11.6 Å². The van der Waals surface area contributed by atoms with Crippen LogP contribution in [0.15, 0.2) is 12.1 Å². The van der Waals surface area contributed by atoms with Gasteiger partial charge in [0.2, 0.25) is 0 Å². The minimum atomic E-state index is 0.215. The normalized spacial score (nSPS) is 18.2. The van der Waals surface area contributed by atoms with Gasteiger partial charge in [0.15, 0.2) is 0 Å². The molecule has 0 bridgehead atoms. The van der Waals surface area contributed by atoms with Gasteiger partial charge in [0.1, 0.15) is 0 Å². The van der Waals surface area contributed by atoms with Crippen molar-refractivity contribution in [2.45, 2.75) is 38.8 Å². The number of aryl methyl sites for hydroxylation is 2. The van der Waals surface area contributed by atoms with Crippen LogP contribution in [0.25, 0.3) is 0 Å². The van der Waals surface area contributed by atoms with Gasteiger partial charge < -0.3 is 15.0 Å². The number of rotatable bonds is 5. The number of hydrogen-bond acceptors (Lipinski definition) is 3. The molecule has 21 heavy (non-hydrogen) atoms. The maximum absolute atomic E-state index is 6.10. The van der Waals surface area contributed by atoms with Gasteiger partial charge in [-0.05, 0) is 69.6 Å². The van der Waals surface area contributed by atoms with Crippen LogP contribution in [-0.4, -0.2) is 44.3 Å². The van der Waals surface area contributed by atoms with E-state index in [2.05, 4.69) is 38.2 Å². The minimum absolute atomic E-state index is 0.215. The number of benzene rings is 1. The summed E-state index contributed by atoms with van der Waals surface area (Å²) >= 11 is 6.10. The average Bonchev–Trinajstić information content (AvgIpc) is 2.42. The summed E-state index contributed by atoms with van der Waals surface area (Å²) in [6.07, 6.45) is 2.18. The first kappa shape index (κ1) is 16.8. The highest BCUT2D eigenvalue weighted by molar-refractivity contribution is 6.30. The molecule has 0 amide bonds. The lowest BCUT2D eigenvalue weighted by Gasteiger charge is -2.43. The summed E-state index contributed by atoms with van der Waals surface area (Å²) in [6.45, 7) is 7.87. The maximum atomic E-state index is 6.10. The molecule has 0 spiro atoms. The van der Waals surface area contributed by atoms with Crippen molar-refractivity contribution in [3.63, 3.8) is 0 Å². The van der Waals surface area contributed by atoms with Gasteiger partial charge >= 0.3 is 0 Å². The molecule has 0 radical (unpaired) electrons. The monoisotopic (exact) mass is 310 g/mol. The number of likely N-dealkylation sites (N-methyl/N-ethyl adjacent to an activating group) is 1. The quantitative estimate of drug-likeness (QED) is 0.904. The Hall–Kier alpha value is -0.610. The molecule has 0 aromatic heterocycles. The van der Waals surface area contributed by atoms with Gasteiger partial charge in [0, 0.05) is 36.9 Å². The Balaban J connectivity index is 2.00. The van der Waals surface area contributed by atoms with Crippen molar-refractivity contribution in [1.29, 1.82) is 0 Å². The predicted octanol–water partition coefficient (Wildman–Crippen LogP) is 3.16. The number of hydrogen-bond donors (Lipinski definition) is 1. The zero-order valence-corrected chi connectivity index (χ0v) is 14.4. The SMILES string of the molecule is Cc1cc(Cl)cc(C)c1CNCC1(N(C)C)CCOCC1. The maximum Gasteiger partial charge on any atom is 0.0484 e.